The van der Waals surface area contributed by atoms with Crippen LogP contribution in [0.3, 0.4) is 0 Å². The van der Waals surface area contributed by atoms with E-state index in [9.17, 15) is 4.79 Å². The van der Waals surface area contributed by atoms with Crippen molar-refractivity contribution in [3.8, 4) is 0 Å². The molecule has 0 spiro atoms. The van der Waals surface area contributed by atoms with Crippen molar-refractivity contribution in [1.29, 1.82) is 0 Å². The zero-order valence-corrected chi connectivity index (χ0v) is 12.5. The summed E-state index contributed by atoms with van der Waals surface area (Å²) in [6.07, 6.45) is 5.39. The number of nitrogens with one attached hydrogen (secondary N) is 2. The topological polar surface area (TPSA) is 41.1 Å². The number of unbranched alkanes of at least 4 members (excludes halogenated alkanes) is 1. The van der Waals surface area contributed by atoms with Crippen LogP contribution in [-0.2, 0) is 0 Å². The molecule has 0 aliphatic carbocycles. The van der Waals surface area contributed by atoms with Crippen LogP contribution in [0.2, 0.25) is 5.02 Å². The summed E-state index contributed by atoms with van der Waals surface area (Å²) in [7, 11) is 0. The van der Waals surface area contributed by atoms with E-state index in [4.69, 9.17) is 11.6 Å². The van der Waals surface area contributed by atoms with Gasteiger partial charge in [-0.2, -0.15) is 0 Å². The summed E-state index contributed by atoms with van der Waals surface area (Å²) in [5.74, 6) is 0. The molecule has 3 nitrogen and oxygen atoms in total. The van der Waals surface area contributed by atoms with Crippen LogP contribution in [0.25, 0.3) is 0 Å². The molecule has 2 N–H and O–H groups in total. The lowest BCUT2D eigenvalue weighted by Gasteiger charge is -2.18. The summed E-state index contributed by atoms with van der Waals surface area (Å²) in [6, 6.07) is 7.31. The molecule has 4 heteroatoms. The monoisotopic (exact) mass is 282 g/mol. The molecule has 1 aromatic carbocycles. The highest BCUT2D eigenvalue weighted by atomic mass is 35.5. The van der Waals surface area contributed by atoms with Gasteiger partial charge >= 0.3 is 6.03 Å². The van der Waals surface area contributed by atoms with Crippen molar-refractivity contribution in [1.82, 2.24) is 5.32 Å². The Morgan fingerprint density at radius 3 is 2.58 bits per heavy atom. The van der Waals surface area contributed by atoms with Crippen molar-refractivity contribution < 1.29 is 4.79 Å². The number of amides is 2. The average Bonchev–Trinajstić information content (AvgIpc) is 2.39. The van der Waals surface area contributed by atoms with Gasteiger partial charge < -0.3 is 10.6 Å². The molecule has 0 saturated carbocycles. The maximum atomic E-state index is 11.9. The Kier molecular flexibility index (Phi) is 7.34. The fourth-order valence-corrected chi connectivity index (χ4v) is 2.18. The molecular formula is C15H23ClN2O. The molecule has 0 fully saturated rings. The van der Waals surface area contributed by atoms with Gasteiger partial charge in [-0.3, -0.25) is 0 Å². The van der Waals surface area contributed by atoms with Gasteiger partial charge in [0.1, 0.15) is 0 Å². The standard InChI is InChI=1S/C15H23ClN2O/c1-3-5-9-12(8-4-2)17-15(19)18-14-11-7-6-10-13(14)16/h6-7,10-12H,3-5,8-9H2,1-2H3,(H2,17,18,19). The number of rotatable bonds is 7. The first-order valence-electron chi connectivity index (χ1n) is 6.99. The highest BCUT2D eigenvalue weighted by Gasteiger charge is 2.11. The highest BCUT2D eigenvalue weighted by molar-refractivity contribution is 6.33. The minimum Gasteiger partial charge on any atom is -0.335 e. The molecule has 0 radical (unpaired) electrons. The summed E-state index contributed by atoms with van der Waals surface area (Å²) in [5.41, 5.74) is 0.646. The number of carbonyl (C=O) groups is 1. The van der Waals surface area contributed by atoms with Crippen LogP contribution in [0.1, 0.15) is 46.0 Å². The number of anilines is 1. The molecule has 1 unspecified atom stereocenters. The molecule has 0 saturated heterocycles. The van der Waals surface area contributed by atoms with Gasteiger partial charge in [-0.15, -0.1) is 0 Å². The third kappa shape index (κ3) is 5.97. The fourth-order valence-electron chi connectivity index (χ4n) is 1.99. The van der Waals surface area contributed by atoms with Crippen molar-refractivity contribution in [2.75, 3.05) is 5.32 Å². The minimum atomic E-state index is -0.178. The second kappa shape index (κ2) is 8.81. The van der Waals surface area contributed by atoms with Gasteiger partial charge in [-0.25, -0.2) is 4.79 Å². The molecule has 19 heavy (non-hydrogen) atoms. The van der Waals surface area contributed by atoms with Gasteiger partial charge in [0.15, 0.2) is 0 Å². The number of hydrogen-bond acceptors (Lipinski definition) is 1. The van der Waals surface area contributed by atoms with E-state index in [-0.39, 0.29) is 12.1 Å². The SMILES string of the molecule is CCCCC(CCC)NC(=O)Nc1ccccc1Cl. The molecule has 1 rings (SSSR count). The van der Waals surface area contributed by atoms with Crippen molar-refractivity contribution in [2.24, 2.45) is 0 Å². The Hall–Kier alpha value is -1.22. The van der Waals surface area contributed by atoms with Crippen LogP contribution in [0.5, 0.6) is 0 Å². The largest absolute Gasteiger partial charge is 0.335 e. The van der Waals surface area contributed by atoms with E-state index in [1.807, 2.05) is 12.1 Å². The molecule has 0 aliphatic rings. The fraction of sp³-hybridized carbons (Fsp3) is 0.533. The summed E-state index contributed by atoms with van der Waals surface area (Å²) < 4.78 is 0. The zero-order valence-electron chi connectivity index (χ0n) is 11.7. The first kappa shape index (κ1) is 15.8. The first-order chi connectivity index (χ1) is 9.17. The van der Waals surface area contributed by atoms with E-state index in [2.05, 4.69) is 24.5 Å². The molecule has 0 aliphatic heterocycles. The quantitative estimate of drug-likeness (QED) is 0.739. The molecule has 2 amide bonds. The maximum Gasteiger partial charge on any atom is 0.319 e. The average molecular weight is 283 g/mol. The molecule has 0 heterocycles. The number of benzene rings is 1. The van der Waals surface area contributed by atoms with Gasteiger partial charge in [-0.05, 0) is 25.0 Å². The van der Waals surface area contributed by atoms with Crippen LogP contribution >= 0.6 is 11.6 Å². The number of hydrogen-bond donors (Lipinski definition) is 2. The second-order valence-corrected chi connectivity index (χ2v) is 5.11. The van der Waals surface area contributed by atoms with E-state index in [0.717, 1.165) is 32.1 Å². The Bertz CT molecular complexity index is 395. The highest BCUT2D eigenvalue weighted by Crippen LogP contribution is 2.20. The van der Waals surface area contributed by atoms with Crippen LogP contribution in [0.15, 0.2) is 24.3 Å². The van der Waals surface area contributed by atoms with Crippen LogP contribution < -0.4 is 10.6 Å². The van der Waals surface area contributed by atoms with E-state index < -0.39 is 0 Å². The summed E-state index contributed by atoms with van der Waals surface area (Å²) in [4.78, 5) is 11.9. The summed E-state index contributed by atoms with van der Waals surface area (Å²) >= 11 is 6.01. The zero-order chi connectivity index (χ0) is 14.1. The predicted molar refractivity (Wildman–Crippen MR) is 81.8 cm³/mol. The molecule has 1 aromatic rings. The smallest absolute Gasteiger partial charge is 0.319 e. The van der Waals surface area contributed by atoms with E-state index in [1.54, 1.807) is 12.1 Å². The van der Waals surface area contributed by atoms with Gasteiger partial charge in [0.2, 0.25) is 0 Å². The molecule has 1 atom stereocenters. The minimum absolute atomic E-state index is 0.178. The van der Waals surface area contributed by atoms with Gasteiger partial charge in [0, 0.05) is 6.04 Å². The van der Waals surface area contributed by atoms with E-state index >= 15 is 0 Å². The Morgan fingerprint density at radius 2 is 1.95 bits per heavy atom. The molecule has 0 aromatic heterocycles. The van der Waals surface area contributed by atoms with Crippen molar-refractivity contribution in [3.63, 3.8) is 0 Å². The van der Waals surface area contributed by atoms with Crippen LogP contribution in [0, 0.1) is 0 Å². The number of halogens is 1. The van der Waals surface area contributed by atoms with E-state index in [1.165, 1.54) is 0 Å². The Morgan fingerprint density at radius 1 is 1.21 bits per heavy atom. The molecule has 0 bridgehead atoms. The first-order valence-corrected chi connectivity index (χ1v) is 7.37. The maximum absolute atomic E-state index is 11.9. The number of carbonyl (C=O) groups excluding carboxylic acids is 1. The number of urea groups is 1. The summed E-state index contributed by atoms with van der Waals surface area (Å²) in [6.45, 7) is 4.29. The second-order valence-electron chi connectivity index (χ2n) is 4.71. The summed E-state index contributed by atoms with van der Waals surface area (Å²) in [5, 5.41) is 6.37. The van der Waals surface area contributed by atoms with E-state index in [0.29, 0.717) is 10.7 Å². The predicted octanol–water partition coefficient (Wildman–Crippen LogP) is 4.82. The molecule has 106 valence electrons. The third-order valence-corrected chi connectivity index (χ3v) is 3.33. The third-order valence-electron chi connectivity index (χ3n) is 3.00. The molecular weight excluding hydrogens is 260 g/mol. The lowest BCUT2D eigenvalue weighted by molar-refractivity contribution is 0.246. The van der Waals surface area contributed by atoms with Crippen molar-refractivity contribution >= 4 is 23.3 Å². The van der Waals surface area contributed by atoms with Crippen molar-refractivity contribution in [2.45, 2.75) is 52.0 Å². The van der Waals surface area contributed by atoms with Crippen LogP contribution in [0.4, 0.5) is 10.5 Å². The van der Waals surface area contributed by atoms with Gasteiger partial charge in [0.05, 0.1) is 10.7 Å². The van der Waals surface area contributed by atoms with Crippen molar-refractivity contribution in [3.05, 3.63) is 29.3 Å². The number of para-hydroxylation sites is 1. The Balaban J connectivity index is 2.50. The van der Waals surface area contributed by atoms with Gasteiger partial charge in [-0.1, -0.05) is 56.8 Å². The van der Waals surface area contributed by atoms with Crippen LogP contribution in [-0.4, -0.2) is 12.1 Å². The lowest BCUT2D eigenvalue weighted by Crippen LogP contribution is -2.37. The lowest BCUT2D eigenvalue weighted by atomic mass is 10.1. The normalized spacial score (nSPS) is 11.9. The van der Waals surface area contributed by atoms with Gasteiger partial charge in [0.25, 0.3) is 0 Å². The Labute approximate surface area is 120 Å².